The van der Waals surface area contributed by atoms with Gasteiger partial charge in [0, 0.05) is 26.2 Å². The van der Waals surface area contributed by atoms with Gasteiger partial charge in [0.05, 0.1) is 0 Å². The van der Waals surface area contributed by atoms with Crippen LogP contribution in [0.3, 0.4) is 0 Å². The Labute approximate surface area is 120 Å². The van der Waals surface area contributed by atoms with E-state index >= 15 is 0 Å². The van der Waals surface area contributed by atoms with Crippen molar-refractivity contribution in [3.05, 3.63) is 23.8 Å². The summed E-state index contributed by atoms with van der Waals surface area (Å²) in [5.74, 6) is 0.898. The largest absolute Gasteiger partial charge is 0.486 e. The number of alkyl halides is 3. The highest BCUT2D eigenvalue weighted by Crippen LogP contribution is 2.41. The van der Waals surface area contributed by atoms with Gasteiger partial charge in [0.25, 0.3) is 0 Å². The van der Waals surface area contributed by atoms with Crippen LogP contribution in [0.1, 0.15) is 11.6 Å². The van der Waals surface area contributed by atoms with Crippen molar-refractivity contribution in [1.82, 2.24) is 10.2 Å². The standard InChI is InChI=1S/C14H17F3N2O2/c15-14(16,17)13(19-5-3-18-4-6-19)10-1-2-11-12(9-10)21-8-7-20-11/h1-2,9,13,18H,3-8H2/t13-/m0/s1. The summed E-state index contributed by atoms with van der Waals surface area (Å²) >= 11 is 0. The smallest absolute Gasteiger partial charge is 0.408 e. The van der Waals surface area contributed by atoms with Crippen LogP contribution in [0.5, 0.6) is 11.5 Å². The Hall–Kier alpha value is -1.47. The Morgan fingerprint density at radius 2 is 1.71 bits per heavy atom. The molecule has 2 aliphatic rings. The normalized spacial score (nSPS) is 21.1. The summed E-state index contributed by atoms with van der Waals surface area (Å²) < 4.78 is 51.2. The molecule has 1 fully saturated rings. The van der Waals surface area contributed by atoms with Crippen molar-refractivity contribution in [2.45, 2.75) is 12.2 Å². The minimum absolute atomic E-state index is 0.202. The minimum atomic E-state index is -4.32. The highest BCUT2D eigenvalue weighted by Gasteiger charge is 2.45. The molecule has 0 bridgehead atoms. The van der Waals surface area contributed by atoms with Gasteiger partial charge in [0.1, 0.15) is 19.3 Å². The molecule has 0 radical (unpaired) electrons. The molecule has 1 aromatic rings. The quantitative estimate of drug-likeness (QED) is 0.905. The molecular formula is C14H17F3N2O2. The van der Waals surface area contributed by atoms with Crippen LogP contribution in [0.25, 0.3) is 0 Å². The van der Waals surface area contributed by atoms with Crippen molar-refractivity contribution in [1.29, 1.82) is 0 Å². The van der Waals surface area contributed by atoms with Crippen LogP contribution in [-0.2, 0) is 0 Å². The third-order valence-electron chi connectivity index (χ3n) is 3.71. The maximum absolute atomic E-state index is 13.5. The van der Waals surface area contributed by atoms with E-state index in [1.165, 1.54) is 17.0 Å². The van der Waals surface area contributed by atoms with E-state index in [0.717, 1.165) is 0 Å². The number of benzene rings is 1. The summed E-state index contributed by atoms with van der Waals surface area (Å²) in [5.41, 5.74) is 0.202. The number of hydrogen-bond acceptors (Lipinski definition) is 4. The molecule has 21 heavy (non-hydrogen) atoms. The molecule has 0 aliphatic carbocycles. The van der Waals surface area contributed by atoms with E-state index in [1.807, 2.05) is 0 Å². The lowest BCUT2D eigenvalue weighted by Crippen LogP contribution is -2.49. The molecule has 7 heteroatoms. The number of nitrogens with zero attached hydrogens (tertiary/aromatic N) is 1. The van der Waals surface area contributed by atoms with Crippen molar-refractivity contribution >= 4 is 0 Å². The van der Waals surface area contributed by atoms with E-state index in [0.29, 0.717) is 50.9 Å². The third-order valence-corrected chi connectivity index (χ3v) is 3.71. The van der Waals surface area contributed by atoms with Gasteiger partial charge in [-0.2, -0.15) is 13.2 Å². The average Bonchev–Trinajstić information content (AvgIpc) is 2.47. The van der Waals surface area contributed by atoms with Gasteiger partial charge in [-0.3, -0.25) is 4.90 Å². The zero-order chi connectivity index (χ0) is 14.9. The van der Waals surface area contributed by atoms with E-state index in [4.69, 9.17) is 9.47 Å². The first-order valence-corrected chi connectivity index (χ1v) is 6.97. The SMILES string of the molecule is FC(F)(F)[C@H](c1ccc2c(c1)OCCO2)N1CCNCC1. The van der Waals surface area contributed by atoms with Gasteiger partial charge < -0.3 is 14.8 Å². The fourth-order valence-corrected chi connectivity index (χ4v) is 2.78. The van der Waals surface area contributed by atoms with Gasteiger partial charge >= 0.3 is 6.18 Å². The molecule has 1 N–H and O–H groups in total. The first kappa shape index (κ1) is 14.5. The Morgan fingerprint density at radius 3 is 2.38 bits per heavy atom. The van der Waals surface area contributed by atoms with Crippen LogP contribution in [0.15, 0.2) is 18.2 Å². The van der Waals surface area contributed by atoms with Crippen LogP contribution >= 0.6 is 0 Å². The summed E-state index contributed by atoms with van der Waals surface area (Å²) in [4.78, 5) is 1.46. The highest BCUT2D eigenvalue weighted by molar-refractivity contribution is 5.45. The van der Waals surface area contributed by atoms with Crippen molar-refractivity contribution in [2.75, 3.05) is 39.4 Å². The lowest BCUT2D eigenvalue weighted by Gasteiger charge is -2.36. The molecule has 0 saturated carbocycles. The molecule has 0 aromatic heterocycles. The van der Waals surface area contributed by atoms with Gasteiger partial charge in [-0.15, -0.1) is 0 Å². The number of halogens is 3. The lowest BCUT2D eigenvalue weighted by molar-refractivity contribution is -0.187. The summed E-state index contributed by atoms with van der Waals surface area (Å²) in [7, 11) is 0. The fraction of sp³-hybridized carbons (Fsp3) is 0.571. The van der Waals surface area contributed by atoms with Crippen LogP contribution in [0.2, 0.25) is 0 Å². The number of piperazine rings is 1. The summed E-state index contributed by atoms with van der Waals surface area (Å²) in [6, 6.07) is 2.89. The molecule has 2 aliphatic heterocycles. The van der Waals surface area contributed by atoms with E-state index in [2.05, 4.69) is 5.32 Å². The van der Waals surface area contributed by atoms with Crippen molar-refractivity contribution in [2.24, 2.45) is 0 Å². The maximum atomic E-state index is 13.5. The topological polar surface area (TPSA) is 33.7 Å². The first-order valence-electron chi connectivity index (χ1n) is 6.97. The van der Waals surface area contributed by atoms with E-state index < -0.39 is 12.2 Å². The van der Waals surface area contributed by atoms with Crippen LogP contribution < -0.4 is 14.8 Å². The van der Waals surface area contributed by atoms with Gasteiger partial charge in [-0.1, -0.05) is 6.07 Å². The van der Waals surface area contributed by atoms with Gasteiger partial charge in [-0.25, -0.2) is 0 Å². The summed E-state index contributed by atoms with van der Waals surface area (Å²) in [5, 5.41) is 3.07. The van der Waals surface area contributed by atoms with E-state index in [9.17, 15) is 13.2 Å². The Balaban J connectivity index is 1.92. The van der Waals surface area contributed by atoms with E-state index in [1.54, 1.807) is 6.07 Å². The number of hydrogen-bond donors (Lipinski definition) is 1. The second-order valence-corrected chi connectivity index (χ2v) is 5.13. The Bertz CT molecular complexity index is 501. The molecule has 2 heterocycles. The monoisotopic (exact) mass is 302 g/mol. The maximum Gasteiger partial charge on any atom is 0.408 e. The Kier molecular flexibility index (Phi) is 3.95. The van der Waals surface area contributed by atoms with Crippen molar-refractivity contribution in [3.63, 3.8) is 0 Å². The zero-order valence-electron chi connectivity index (χ0n) is 11.4. The molecular weight excluding hydrogens is 285 g/mol. The first-order chi connectivity index (χ1) is 10.1. The van der Waals surface area contributed by atoms with Crippen LogP contribution in [-0.4, -0.2) is 50.5 Å². The summed E-state index contributed by atoms with van der Waals surface area (Å²) in [6.07, 6.45) is -4.32. The highest BCUT2D eigenvalue weighted by atomic mass is 19.4. The molecule has 0 spiro atoms. The fourth-order valence-electron chi connectivity index (χ4n) is 2.78. The average molecular weight is 302 g/mol. The molecule has 3 rings (SSSR count). The van der Waals surface area contributed by atoms with Gasteiger partial charge in [0.15, 0.2) is 11.5 Å². The van der Waals surface area contributed by atoms with Gasteiger partial charge in [-0.05, 0) is 17.7 Å². The van der Waals surface area contributed by atoms with Crippen molar-refractivity contribution < 1.29 is 22.6 Å². The molecule has 1 atom stereocenters. The van der Waals surface area contributed by atoms with E-state index in [-0.39, 0.29) is 5.56 Å². The minimum Gasteiger partial charge on any atom is -0.486 e. The molecule has 1 aromatic carbocycles. The third kappa shape index (κ3) is 3.08. The van der Waals surface area contributed by atoms with Crippen molar-refractivity contribution in [3.8, 4) is 11.5 Å². The molecule has 116 valence electrons. The van der Waals surface area contributed by atoms with Gasteiger partial charge in [0.2, 0.25) is 0 Å². The second kappa shape index (κ2) is 5.73. The molecule has 0 amide bonds. The van der Waals surface area contributed by atoms with Crippen LogP contribution in [0.4, 0.5) is 13.2 Å². The Morgan fingerprint density at radius 1 is 1.05 bits per heavy atom. The number of nitrogens with one attached hydrogen (secondary N) is 1. The molecule has 1 saturated heterocycles. The van der Waals surface area contributed by atoms with Crippen LogP contribution in [0, 0.1) is 0 Å². The molecule has 4 nitrogen and oxygen atoms in total. The number of ether oxygens (including phenoxy) is 2. The summed E-state index contributed by atoms with van der Waals surface area (Å²) in [6.45, 7) is 2.67. The predicted octanol–water partition coefficient (Wildman–Crippen LogP) is 1.97. The number of fused-ring (bicyclic) bond motifs is 1. The predicted molar refractivity (Wildman–Crippen MR) is 70.7 cm³/mol. The zero-order valence-corrected chi connectivity index (χ0v) is 11.4. The second-order valence-electron chi connectivity index (χ2n) is 5.13. The molecule has 0 unspecified atom stereocenters. The number of rotatable bonds is 2. The lowest BCUT2D eigenvalue weighted by atomic mass is 10.0.